The smallest absolute Gasteiger partial charge is 0.224 e. The Morgan fingerprint density at radius 3 is 1.12 bits per heavy atom. The first-order valence-electron chi connectivity index (χ1n) is 19.2. The van der Waals surface area contributed by atoms with Crippen LogP contribution in [0.15, 0.2) is 121 Å². The molecule has 0 spiro atoms. The lowest BCUT2D eigenvalue weighted by atomic mass is 9.90. The number of aromatic hydroxyl groups is 2. The van der Waals surface area contributed by atoms with E-state index in [0.29, 0.717) is 96.9 Å². The molecule has 8 heteroatoms. The van der Waals surface area contributed by atoms with Crippen molar-refractivity contribution in [3.8, 4) is 23.0 Å². The number of ether oxygens (including phenoxy) is 2. The van der Waals surface area contributed by atoms with Gasteiger partial charge in [-0.1, -0.05) is 97.1 Å². The molecule has 9 rings (SSSR count). The van der Waals surface area contributed by atoms with Crippen LogP contribution in [0.2, 0.25) is 0 Å². The zero-order chi connectivity index (χ0) is 38.4. The lowest BCUT2D eigenvalue weighted by Gasteiger charge is -2.22. The first-order valence-corrected chi connectivity index (χ1v) is 19.2. The minimum atomic E-state index is -0.167. The summed E-state index contributed by atoms with van der Waals surface area (Å²) in [7, 11) is 0. The second-order valence-electron chi connectivity index (χ2n) is 14.7. The van der Waals surface area contributed by atoms with E-state index in [4.69, 9.17) is 9.47 Å². The summed E-state index contributed by atoms with van der Waals surface area (Å²) >= 11 is 0. The van der Waals surface area contributed by atoms with E-state index in [1.165, 1.54) is 0 Å². The number of hydrogen-bond acceptors (Lipinski definition) is 6. The molecule has 0 unspecified atom stereocenters. The SMILES string of the molecule is O=C1CCCCC(=O)Nc2cc3c(O)c(c2)Cc2cccc(c2OCc2ccccc2)Cc2cc(cc(c2O)Cc2cccc(c2OCc2ccccc2)C3)N1. The standard InChI is InChI=1S/C48H44N2O6/c51-43-19-7-8-20-44(52)50-42-26-38-22-34-16-9-15-33(47(34)55-29-31-11-3-1-4-12-31)21-37-25-41(49-43)27-39(45(37)53)23-35-17-10-18-36(24-40(28-42)46(38)54)48(35)56-30-32-13-5-2-6-14-32/h1-6,9-18,25-28,53-54H,7-8,19-24,29-30H2,(H,49,51)(H,50,52). The van der Waals surface area contributed by atoms with Crippen LogP contribution in [0, 0.1) is 0 Å². The van der Waals surface area contributed by atoms with E-state index in [9.17, 15) is 19.8 Å². The maximum absolute atomic E-state index is 13.3. The van der Waals surface area contributed by atoms with Gasteiger partial charge in [-0.15, -0.1) is 0 Å². The first-order chi connectivity index (χ1) is 27.4. The van der Waals surface area contributed by atoms with Crippen molar-refractivity contribution in [1.29, 1.82) is 0 Å². The maximum Gasteiger partial charge on any atom is 0.224 e. The minimum Gasteiger partial charge on any atom is -0.507 e. The number of para-hydroxylation sites is 2. The van der Waals surface area contributed by atoms with Crippen LogP contribution in [0.5, 0.6) is 23.0 Å². The molecule has 10 bridgehead atoms. The summed E-state index contributed by atoms with van der Waals surface area (Å²) in [6, 6.07) is 39.0. The van der Waals surface area contributed by atoms with Gasteiger partial charge in [0.05, 0.1) is 0 Å². The molecule has 0 saturated carbocycles. The fourth-order valence-electron chi connectivity index (χ4n) is 7.71. The molecular weight excluding hydrogens is 701 g/mol. The molecule has 0 atom stereocenters. The second-order valence-corrected chi connectivity index (χ2v) is 14.7. The van der Waals surface area contributed by atoms with Gasteiger partial charge in [0.2, 0.25) is 11.8 Å². The molecule has 6 aromatic carbocycles. The van der Waals surface area contributed by atoms with Gasteiger partial charge in [0.15, 0.2) is 0 Å². The number of carbonyl (C=O) groups excluding carboxylic acids is 2. The van der Waals surface area contributed by atoms with Gasteiger partial charge in [-0.05, 0) is 70.5 Å². The van der Waals surface area contributed by atoms with E-state index in [0.717, 1.165) is 33.4 Å². The van der Waals surface area contributed by atoms with Crippen LogP contribution < -0.4 is 20.1 Å². The highest BCUT2D eigenvalue weighted by Crippen LogP contribution is 2.40. The Balaban J connectivity index is 1.34. The summed E-state index contributed by atoms with van der Waals surface area (Å²) in [4.78, 5) is 26.6. The van der Waals surface area contributed by atoms with Crippen molar-refractivity contribution >= 4 is 23.2 Å². The summed E-state index contributed by atoms with van der Waals surface area (Å²) in [5, 5.41) is 30.3. The Kier molecular flexibility index (Phi) is 10.7. The van der Waals surface area contributed by atoms with Gasteiger partial charge in [0.1, 0.15) is 36.2 Å². The van der Waals surface area contributed by atoms with Crippen molar-refractivity contribution in [2.75, 3.05) is 10.6 Å². The zero-order valence-corrected chi connectivity index (χ0v) is 31.1. The first kappa shape index (κ1) is 36.4. The average molecular weight is 745 g/mol. The Morgan fingerprint density at radius 1 is 0.446 bits per heavy atom. The maximum atomic E-state index is 13.3. The zero-order valence-electron chi connectivity index (χ0n) is 31.1. The third-order valence-electron chi connectivity index (χ3n) is 10.5. The number of carbonyl (C=O) groups is 2. The Hall–Kier alpha value is -6.54. The van der Waals surface area contributed by atoms with Crippen molar-refractivity contribution in [3.05, 3.63) is 177 Å². The van der Waals surface area contributed by atoms with Crippen LogP contribution in [0.25, 0.3) is 0 Å². The monoisotopic (exact) mass is 744 g/mol. The van der Waals surface area contributed by atoms with E-state index in [2.05, 4.69) is 10.6 Å². The highest BCUT2D eigenvalue weighted by atomic mass is 16.5. The van der Waals surface area contributed by atoms with Gasteiger partial charge >= 0.3 is 0 Å². The summed E-state index contributed by atoms with van der Waals surface area (Å²) < 4.78 is 13.3. The Bertz CT molecular complexity index is 2130. The third-order valence-corrected chi connectivity index (χ3v) is 10.5. The van der Waals surface area contributed by atoms with Crippen LogP contribution in [-0.2, 0) is 48.5 Å². The molecule has 3 aliphatic rings. The third kappa shape index (κ3) is 8.40. The van der Waals surface area contributed by atoms with Crippen molar-refractivity contribution in [1.82, 2.24) is 0 Å². The molecule has 0 radical (unpaired) electrons. The highest BCUT2D eigenvalue weighted by molar-refractivity contribution is 5.92. The van der Waals surface area contributed by atoms with Gasteiger partial charge in [0.25, 0.3) is 0 Å². The summed E-state index contributed by atoms with van der Waals surface area (Å²) in [6.45, 7) is 0.623. The molecular formula is C48H44N2O6. The molecule has 6 aromatic rings. The largest absolute Gasteiger partial charge is 0.507 e. The summed E-state index contributed by atoms with van der Waals surface area (Å²) in [5.74, 6) is 1.23. The predicted molar refractivity (Wildman–Crippen MR) is 218 cm³/mol. The fourth-order valence-corrected chi connectivity index (χ4v) is 7.71. The molecule has 56 heavy (non-hydrogen) atoms. The second kappa shape index (κ2) is 16.4. The number of benzene rings is 6. The van der Waals surface area contributed by atoms with Crippen molar-refractivity contribution < 1.29 is 29.3 Å². The van der Waals surface area contributed by atoms with Crippen molar-refractivity contribution in [3.63, 3.8) is 0 Å². The normalized spacial score (nSPS) is 14.1. The number of phenols is 2. The predicted octanol–water partition coefficient (Wildman–Crippen LogP) is 9.38. The van der Waals surface area contributed by atoms with E-state index in [-0.39, 0.29) is 36.2 Å². The van der Waals surface area contributed by atoms with E-state index >= 15 is 0 Å². The Labute approximate surface area is 326 Å². The molecule has 2 heterocycles. The van der Waals surface area contributed by atoms with Crippen LogP contribution in [0.1, 0.15) is 81.3 Å². The van der Waals surface area contributed by atoms with E-state index in [1.807, 2.05) is 121 Å². The number of hydrogen-bond donors (Lipinski definition) is 4. The molecule has 8 nitrogen and oxygen atoms in total. The number of phenolic OH excluding ortho intramolecular Hbond substituents is 2. The molecule has 0 aromatic heterocycles. The van der Waals surface area contributed by atoms with Crippen LogP contribution in [0.3, 0.4) is 0 Å². The number of anilines is 2. The van der Waals surface area contributed by atoms with E-state index < -0.39 is 0 Å². The molecule has 2 amide bonds. The Morgan fingerprint density at radius 2 is 0.786 bits per heavy atom. The van der Waals surface area contributed by atoms with E-state index in [1.54, 1.807) is 0 Å². The molecule has 0 fully saturated rings. The number of amides is 2. The number of nitrogens with one attached hydrogen (secondary N) is 2. The van der Waals surface area contributed by atoms with Gasteiger partial charge < -0.3 is 30.3 Å². The van der Waals surface area contributed by atoms with Crippen molar-refractivity contribution in [2.24, 2.45) is 0 Å². The van der Waals surface area contributed by atoms with Crippen LogP contribution in [0.4, 0.5) is 11.4 Å². The highest BCUT2D eigenvalue weighted by Gasteiger charge is 2.23. The van der Waals surface area contributed by atoms with Crippen LogP contribution >= 0.6 is 0 Å². The summed E-state index contributed by atoms with van der Waals surface area (Å²) in [6.07, 6.45) is 2.79. The van der Waals surface area contributed by atoms with Gasteiger partial charge in [-0.3, -0.25) is 9.59 Å². The molecule has 4 N–H and O–H groups in total. The molecule has 1 aliphatic carbocycles. The minimum absolute atomic E-state index is 0.136. The van der Waals surface area contributed by atoms with Gasteiger partial charge in [-0.2, -0.15) is 0 Å². The van der Waals surface area contributed by atoms with Crippen molar-refractivity contribution in [2.45, 2.75) is 64.6 Å². The molecule has 282 valence electrons. The lowest BCUT2D eigenvalue weighted by Crippen LogP contribution is -2.14. The van der Waals surface area contributed by atoms with Gasteiger partial charge in [0, 0.05) is 72.2 Å². The van der Waals surface area contributed by atoms with Gasteiger partial charge in [-0.25, -0.2) is 0 Å². The number of rotatable bonds is 6. The molecule has 2 aliphatic heterocycles. The quantitative estimate of drug-likeness (QED) is 0.126. The lowest BCUT2D eigenvalue weighted by molar-refractivity contribution is -0.118. The van der Waals surface area contributed by atoms with Crippen LogP contribution in [-0.4, -0.2) is 22.0 Å². The fraction of sp³-hybridized carbons (Fsp3) is 0.208. The average Bonchev–Trinajstić information content (AvgIpc) is 3.19. The topological polar surface area (TPSA) is 117 Å². The molecule has 0 saturated heterocycles. The number of fused-ring (bicyclic) bond motifs is 7. The summed E-state index contributed by atoms with van der Waals surface area (Å²) in [5.41, 5.74) is 9.04.